The molecule has 0 amide bonds. The Bertz CT molecular complexity index is 1590. The number of aromatic amines is 1. The van der Waals surface area contributed by atoms with Gasteiger partial charge in [-0.1, -0.05) is 60.6 Å². The summed E-state index contributed by atoms with van der Waals surface area (Å²) in [6.07, 6.45) is -1.60. The lowest BCUT2D eigenvalue weighted by atomic mass is 9.98. The van der Waals surface area contributed by atoms with Gasteiger partial charge in [-0.05, 0) is 30.2 Å². The lowest BCUT2D eigenvalue weighted by Gasteiger charge is -2.30. The van der Waals surface area contributed by atoms with E-state index in [4.69, 9.17) is 18.5 Å². The molecule has 1 saturated heterocycles. The third kappa shape index (κ3) is 7.15. The van der Waals surface area contributed by atoms with Crippen molar-refractivity contribution >= 4 is 13.7 Å². The van der Waals surface area contributed by atoms with Gasteiger partial charge in [0.15, 0.2) is 5.72 Å². The topological polar surface area (TPSA) is 207 Å². The second-order valence-electron chi connectivity index (χ2n) is 9.48. The number of carbonyl (C=O) groups is 1. The van der Waals surface area contributed by atoms with Crippen molar-refractivity contribution < 1.29 is 33.0 Å². The maximum atomic E-state index is 14.0. The van der Waals surface area contributed by atoms with Crippen molar-refractivity contribution in [1.82, 2.24) is 14.6 Å². The normalized spacial score (nSPS) is 23.7. The average Bonchev–Trinajstić information content (AvgIpc) is 3.21. The van der Waals surface area contributed by atoms with Crippen molar-refractivity contribution in [1.29, 1.82) is 0 Å². The van der Waals surface area contributed by atoms with Crippen molar-refractivity contribution in [2.75, 3.05) is 6.61 Å². The minimum Gasteiger partial charge on any atom is -0.460 e. The first-order chi connectivity index (χ1) is 20.1. The molecule has 1 aliphatic heterocycles. The Hall–Kier alpha value is -4.23. The summed E-state index contributed by atoms with van der Waals surface area (Å²) < 4.78 is 37.4. The van der Waals surface area contributed by atoms with Crippen LogP contribution in [-0.4, -0.2) is 45.1 Å². The van der Waals surface area contributed by atoms with Gasteiger partial charge in [0.1, 0.15) is 24.6 Å². The Morgan fingerprint density at radius 1 is 1.21 bits per heavy atom. The lowest BCUT2D eigenvalue weighted by molar-refractivity contribution is -0.146. The van der Waals surface area contributed by atoms with Crippen LogP contribution < -0.4 is 20.9 Å². The molecule has 16 heteroatoms. The molecule has 3 N–H and O–H groups in total. The van der Waals surface area contributed by atoms with Gasteiger partial charge in [-0.3, -0.25) is 23.7 Å². The maximum absolute atomic E-state index is 14.0. The number of esters is 1. The molecule has 0 saturated carbocycles. The van der Waals surface area contributed by atoms with E-state index in [0.29, 0.717) is 0 Å². The number of nitrogens with zero attached hydrogens (tertiary/aromatic N) is 4. The number of azide groups is 1. The van der Waals surface area contributed by atoms with Crippen LogP contribution in [0.15, 0.2) is 87.6 Å². The van der Waals surface area contributed by atoms with Crippen LogP contribution in [-0.2, 0) is 30.0 Å². The average molecular weight is 601 g/mol. The smallest absolute Gasteiger partial charge is 0.459 e. The first-order valence-corrected chi connectivity index (χ1v) is 14.3. The molecule has 0 spiro atoms. The number of ether oxygens (including phenoxy) is 2. The van der Waals surface area contributed by atoms with Crippen molar-refractivity contribution in [3.63, 3.8) is 0 Å². The molecule has 15 nitrogen and oxygen atoms in total. The summed E-state index contributed by atoms with van der Waals surface area (Å²) in [5.41, 5.74) is 6.39. The molecule has 222 valence electrons. The standard InChI is InChI=1S/C26H29N6O9P/c1-17-22(34)26(30-31-27,40-23(17)32-14-13-21(33)28-25(32)36)16-39-42(37,41-20-11-7-4-8-12-20)29-18(2)24(35)38-15-19-9-5-3-6-10-19/h3-14,17-18,22-23,34H,15-16H2,1-2H3,(H,29,37)(H,28,33,36)/t17-,18-,22-,23+,26+,42?/m0/s1. The van der Waals surface area contributed by atoms with E-state index in [2.05, 4.69) is 20.1 Å². The molecule has 4 rings (SSSR count). The number of aliphatic hydroxyl groups is 1. The zero-order chi connectivity index (χ0) is 30.3. The molecule has 1 aliphatic rings. The summed E-state index contributed by atoms with van der Waals surface area (Å²) >= 11 is 0. The molecule has 1 aromatic heterocycles. The number of benzene rings is 2. The number of rotatable bonds is 12. The highest BCUT2D eigenvalue weighted by atomic mass is 31.2. The third-order valence-electron chi connectivity index (χ3n) is 6.41. The molecule has 0 radical (unpaired) electrons. The third-order valence-corrected chi connectivity index (χ3v) is 8.04. The van der Waals surface area contributed by atoms with Crippen molar-refractivity contribution in [3.05, 3.63) is 110 Å². The van der Waals surface area contributed by atoms with Crippen LogP contribution in [0.25, 0.3) is 10.4 Å². The predicted octanol–water partition coefficient (Wildman–Crippen LogP) is 2.99. The largest absolute Gasteiger partial charge is 0.460 e. The van der Waals surface area contributed by atoms with E-state index >= 15 is 0 Å². The number of hydrogen-bond acceptors (Lipinski definition) is 10. The minimum atomic E-state index is -4.46. The predicted molar refractivity (Wildman–Crippen MR) is 148 cm³/mol. The fraction of sp³-hybridized carbons (Fsp3) is 0.346. The number of para-hydroxylation sites is 1. The number of hydrogen-bond donors (Lipinski definition) is 3. The number of nitrogens with one attached hydrogen (secondary N) is 2. The van der Waals surface area contributed by atoms with E-state index in [1.807, 2.05) is 6.07 Å². The van der Waals surface area contributed by atoms with Crippen LogP contribution in [0, 0.1) is 5.92 Å². The molecule has 1 fully saturated rings. The van der Waals surface area contributed by atoms with E-state index < -0.39 is 61.6 Å². The van der Waals surface area contributed by atoms with Crippen molar-refractivity contribution in [2.24, 2.45) is 11.0 Å². The molecule has 6 atom stereocenters. The summed E-state index contributed by atoms with van der Waals surface area (Å²) in [6.45, 7) is 2.06. The summed E-state index contributed by atoms with van der Waals surface area (Å²) in [5, 5.41) is 17.2. The summed E-state index contributed by atoms with van der Waals surface area (Å²) in [4.78, 5) is 41.5. The van der Waals surface area contributed by atoms with E-state index in [-0.39, 0.29) is 12.4 Å². The Morgan fingerprint density at radius 3 is 2.52 bits per heavy atom. The van der Waals surface area contributed by atoms with Crippen LogP contribution in [0.2, 0.25) is 0 Å². The highest BCUT2D eigenvalue weighted by molar-refractivity contribution is 7.52. The maximum Gasteiger partial charge on any atom is 0.459 e. The van der Waals surface area contributed by atoms with E-state index in [0.717, 1.165) is 22.4 Å². The molecule has 1 unspecified atom stereocenters. The molecule has 2 heterocycles. The van der Waals surface area contributed by atoms with Crippen LogP contribution in [0.4, 0.5) is 0 Å². The van der Waals surface area contributed by atoms with E-state index in [9.17, 15) is 29.6 Å². The van der Waals surface area contributed by atoms with Crippen LogP contribution in [0.1, 0.15) is 25.6 Å². The van der Waals surface area contributed by atoms with E-state index in [1.165, 1.54) is 26.0 Å². The van der Waals surface area contributed by atoms with Crippen LogP contribution >= 0.6 is 7.75 Å². The fourth-order valence-corrected chi connectivity index (χ4v) is 5.74. The quantitative estimate of drug-likeness (QED) is 0.0910. The highest BCUT2D eigenvalue weighted by Gasteiger charge is 2.55. The summed E-state index contributed by atoms with van der Waals surface area (Å²) in [7, 11) is -4.46. The second kappa shape index (κ2) is 13.2. The van der Waals surface area contributed by atoms with Crippen molar-refractivity contribution in [3.8, 4) is 5.75 Å². The number of carbonyl (C=O) groups excluding carboxylic acids is 1. The van der Waals surface area contributed by atoms with Gasteiger partial charge in [-0.25, -0.2) is 9.36 Å². The van der Waals surface area contributed by atoms with Crippen molar-refractivity contribution in [2.45, 2.75) is 44.6 Å². The SMILES string of the molecule is C[C@@H]1[C@H](n2ccc(=O)[nH]c2=O)O[C@@](COP(=O)(N[C@@H](C)C(=O)OCc2ccccc2)Oc2ccccc2)(N=[N+]=[N-])[C@H]1O. The van der Waals surface area contributed by atoms with Gasteiger partial charge in [0, 0.05) is 23.1 Å². The van der Waals surface area contributed by atoms with E-state index in [1.54, 1.807) is 42.5 Å². The zero-order valence-electron chi connectivity index (χ0n) is 22.6. The van der Waals surface area contributed by atoms with Gasteiger partial charge < -0.3 is 19.1 Å². The second-order valence-corrected chi connectivity index (χ2v) is 11.2. The van der Waals surface area contributed by atoms with Gasteiger partial charge in [-0.2, -0.15) is 5.09 Å². The number of aliphatic hydroxyl groups excluding tert-OH is 1. The fourth-order valence-electron chi connectivity index (χ4n) is 4.23. The van der Waals surface area contributed by atoms with Gasteiger partial charge in [-0.15, -0.1) is 0 Å². The van der Waals surface area contributed by atoms with Gasteiger partial charge in [0.2, 0.25) is 0 Å². The molecular weight excluding hydrogens is 571 g/mol. The van der Waals surface area contributed by atoms with Gasteiger partial charge in [0.05, 0.1) is 12.7 Å². The lowest BCUT2D eigenvalue weighted by Crippen LogP contribution is -2.44. The zero-order valence-corrected chi connectivity index (χ0v) is 23.5. The van der Waals surface area contributed by atoms with Gasteiger partial charge in [0.25, 0.3) is 5.56 Å². The molecule has 3 aromatic rings. The number of aromatic nitrogens is 2. The minimum absolute atomic E-state index is 0.0280. The van der Waals surface area contributed by atoms with Crippen LogP contribution in [0.5, 0.6) is 5.75 Å². The first kappa shape index (κ1) is 30.7. The monoisotopic (exact) mass is 600 g/mol. The summed E-state index contributed by atoms with van der Waals surface area (Å²) in [5.74, 6) is -1.50. The highest BCUT2D eigenvalue weighted by Crippen LogP contribution is 2.49. The van der Waals surface area contributed by atoms with Crippen LogP contribution in [0.3, 0.4) is 0 Å². The Morgan fingerprint density at radius 2 is 1.88 bits per heavy atom. The Labute approximate surface area is 239 Å². The molecule has 0 aliphatic carbocycles. The molecular formula is C26H29N6O9P. The first-order valence-electron chi connectivity index (χ1n) is 12.8. The molecule has 0 bridgehead atoms. The molecule has 42 heavy (non-hydrogen) atoms. The van der Waals surface area contributed by atoms with Gasteiger partial charge >= 0.3 is 19.4 Å². The number of H-pyrrole nitrogens is 1. The Kier molecular flexibility index (Phi) is 9.63. The molecule has 2 aromatic carbocycles. The Balaban J connectivity index is 1.56. The summed E-state index contributed by atoms with van der Waals surface area (Å²) in [6, 6.07) is 16.8.